The van der Waals surface area contributed by atoms with Gasteiger partial charge in [-0.3, -0.25) is 4.79 Å². The highest BCUT2D eigenvalue weighted by Crippen LogP contribution is 2.12. The zero-order valence-electron chi connectivity index (χ0n) is 9.67. The van der Waals surface area contributed by atoms with E-state index in [1.807, 2.05) is 23.1 Å². The molecular weight excluding hydrogens is 200 g/mol. The van der Waals surface area contributed by atoms with Crippen LogP contribution in [0.15, 0.2) is 30.3 Å². The monoisotopic (exact) mass is 218 g/mol. The molecule has 0 N–H and O–H groups in total. The summed E-state index contributed by atoms with van der Waals surface area (Å²) in [5.41, 5.74) is 1.30. The van der Waals surface area contributed by atoms with Gasteiger partial charge in [0.25, 0.3) is 0 Å². The van der Waals surface area contributed by atoms with Gasteiger partial charge in [-0.1, -0.05) is 30.3 Å². The molecule has 0 aromatic heterocycles. The average molecular weight is 218 g/mol. The summed E-state index contributed by atoms with van der Waals surface area (Å²) in [6.07, 6.45) is 1.94. The number of amides is 1. The molecule has 1 atom stereocenters. The molecule has 1 heterocycles. The topological polar surface area (TPSA) is 23.6 Å². The van der Waals surface area contributed by atoms with Gasteiger partial charge in [-0.05, 0) is 19.0 Å². The SMILES string of the molecule is CN1CCN(C=O)[C@@H](Cc2ccccc2)C1. The maximum Gasteiger partial charge on any atom is 0.210 e. The van der Waals surface area contributed by atoms with Gasteiger partial charge in [-0.2, -0.15) is 0 Å². The van der Waals surface area contributed by atoms with Crippen LogP contribution in [0.4, 0.5) is 0 Å². The number of carbonyl (C=O) groups is 1. The van der Waals surface area contributed by atoms with Gasteiger partial charge in [0.1, 0.15) is 0 Å². The summed E-state index contributed by atoms with van der Waals surface area (Å²) in [6, 6.07) is 10.7. The van der Waals surface area contributed by atoms with E-state index in [9.17, 15) is 4.79 Å². The normalized spacial score (nSPS) is 22.1. The number of benzene rings is 1. The van der Waals surface area contributed by atoms with E-state index in [1.165, 1.54) is 5.56 Å². The van der Waals surface area contributed by atoms with Crippen molar-refractivity contribution >= 4 is 6.41 Å². The van der Waals surface area contributed by atoms with Gasteiger partial charge < -0.3 is 9.80 Å². The maximum absolute atomic E-state index is 11.0. The molecular formula is C13H18N2O. The van der Waals surface area contributed by atoms with Crippen LogP contribution in [0.5, 0.6) is 0 Å². The first-order chi connectivity index (χ1) is 7.79. The summed E-state index contributed by atoms with van der Waals surface area (Å²) in [7, 11) is 2.11. The Hall–Kier alpha value is -1.35. The van der Waals surface area contributed by atoms with Crippen molar-refractivity contribution in [3.63, 3.8) is 0 Å². The second-order valence-electron chi connectivity index (χ2n) is 4.45. The third-order valence-corrected chi connectivity index (χ3v) is 3.18. The van der Waals surface area contributed by atoms with Gasteiger partial charge in [-0.25, -0.2) is 0 Å². The first kappa shape index (κ1) is 11.1. The molecule has 1 fully saturated rings. The van der Waals surface area contributed by atoms with E-state index in [2.05, 4.69) is 24.1 Å². The largest absolute Gasteiger partial charge is 0.339 e. The van der Waals surface area contributed by atoms with Gasteiger partial charge in [0, 0.05) is 25.7 Å². The molecule has 0 bridgehead atoms. The Kier molecular flexibility index (Phi) is 3.57. The molecule has 0 saturated carbocycles. The zero-order valence-corrected chi connectivity index (χ0v) is 9.67. The lowest BCUT2D eigenvalue weighted by Gasteiger charge is -2.37. The third kappa shape index (κ3) is 2.61. The molecule has 86 valence electrons. The summed E-state index contributed by atoms with van der Waals surface area (Å²) in [5, 5.41) is 0. The molecule has 1 aliphatic heterocycles. The number of hydrogen-bond donors (Lipinski definition) is 0. The first-order valence-corrected chi connectivity index (χ1v) is 5.73. The molecule has 0 spiro atoms. The summed E-state index contributed by atoms with van der Waals surface area (Å²) in [6.45, 7) is 2.79. The summed E-state index contributed by atoms with van der Waals surface area (Å²) < 4.78 is 0. The number of rotatable bonds is 3. The van der Waals surface area contributed by atoms with Crippen molar-refractivity contribution in [3.8, 4) is 0 Å². The molecule has 3 heteroatoms. The van der Waals surface area contributed by atoms with Crippen LogP contribution in [0.3, 0.4) is 0 Å². The van der Waals surface area contributed by atoms with Crippen LogP contribution in [0.2, 0.25) is 0 Å². The minimum atomic E-state index is 0.318. The maximum atomic E-state index is 11.0. The van der Waals surface area contributed by atoms with Crippen molar-refractivity contribution in [3.05, 3.63) is 35.9 Å². The van der Waals surface area contributed by atoms with Gasteiger partial charge >= 0.3 is 0 Å². The lowest BCUT2D eigenvalue weighted by Crippen LogP contribution is -2.52. The molecule has 1 aliphatic rings. The predicted molar refractivity (Wildman–Crippen MR) is 64.2 cm³/mol. The molecule has 16 heavy (non-hydrogen) atoms. The number of carbonyl (C=O) groups excluding carboxylic acids is 1. The Morgan fingerprint density at radius 2 is 2.06 bits per heavy atom. The minimum Gasteiger partial charge on any atom is -0.339 e. The Bertz CT molecular complexity index is 339. The second kappa shape index (κ2) is 5.12. The Morgan fingerprint density at radius 3 is 2.75 bits per heavy atom. The van der Waals surface area contributed by atoms with Crippen molar-refractivity contribution in [1.82, 2.24) is 9.80 Å². The van der Waals surface area contributed by atoms with Crippen LogP contribution in [0.25, 0.3) is 0 Å². The summed E-state index contributed by atoms with van der Waals surface area (Å²) >= 11 is 0. The van der Waals surface area contributed by atoms with E-state index in [0.29, 0.717) is 6.04 Å². The zero-order chi connectivity index (χ0) is 11.4. The van der Waals surface area contributed by atoms with E-state index < -0.39 is 0 Å². The highest BCUT2D eigenvalue weighted by molar-refractivity contribution is 5.48. The molecule has 1 saturated heterocycles. The van der Waals surface area contributed by atoms with Crippen LogP contribution >= 0.6 is 0 Å². The number of hydrogen-bond acceptors (Lipinski definition) is 2. The summed E-state index contributed by atoms with van der Waals surface area (Å²) in [5.74, 6) is 0. The fourth-order valence-electron chi connectivity index (χ4n) is 2.23. The number of piperazine rings is 1. The van der Waals surface area contributed by atoms with Crippen molar-refractivity contribution in [2.75, 3.05) is 26.7 Å². The standard InChI is InChI=1S/C13H18N2O/c1-14-7-8-15(11-16)13(10-14)9-12-5-3-2-4-6-12/h2-6,11,13H,7-10H2,1H3/t13-/m0/s1. The van der Waals surface area contributed by atoms with Crippen molar-refractivity contribution < 1.29 is 4.79 Å². The van der Waals surface area contributed by atoms with Gasteiger partial charge in [-0.15, -0.1) is 0 Å². The fourth-order valence-corrected chi connectivity index (χ4v) is 2.23. The predicted octanol–water partition coefficient (Wildman–Crippen LogP) is 1.00. The third-order valence-electron chi connectivity index (χ3n) is 3.18. The molecule has 0 radical (unpaired) electrons. The Morgan fingerprint density at radius 1 is 1.31 bits per heavy atom. The van der Waals surface area contributed by atoms with Crippen LogP contribution < -0.4 is 0 Å². The highest BCUT2D eigenvalue weighted by atomic mass is 16.1. The molecule has 0 unspecified atom stereocenters. The van der Waals surface area contributed by atoms with Crippen molar-refractivity contribution in [2.45, 2.75) is 12.5 Å². The molecule has 0 aliphatic carbocycles. The molecule has 1 aromatic rings. The van der Waals surface area contributed by atoms with E-state index in [-0.39, 0.29) is 0 Å². The van der Waals surface area contributed by atoms with E-state index in [0.717, 1.165) is 32.5 Å². The van der Waals surface area contributed by atoms with Crippen LogP contribution in [-0.4, -0.2) is 48.9 Å². The minimum absolute atomic E-state index is 0.318. The molecule has 3 nitrogen and oxygen atoms in total. The van der Waals surface area contributed by atoms with E-state index >= 15 is 0 Å². The second-order valence-corrected chi connectivity index (χ2v) is 4.45. The lowest BCUT2D eigenvalue weighted by molar-refractivity contribution is -0.122. The molecule has 1 aromatic carbocycles. The van der Waals surface area contributed by atoms with Gasteiger partial charge in [0.15, 0.2) is 0 Å². The average Bonchev–Trinajstić information content (AvgIpc) is 2.31. The Labute approximate surface area is 96.7 Å². The van der Waals surface area contributed by atoms with Crippen molar-refractivity contribution in [1.29, 1.82) is 0 Å². The molecule has 2 rings (SSSR count). The van der Waals surface area contributed by atoms with Crippen molar-refractivity contribution in [2.24, 2.45) is 0 Å². The first-order valence-electron chi connectivity index (χ1n) is 5.73. The van der Waals surface area contributed by atoms with Gasteiger partial charge in [0.2, 0.25) is 6.41 Å². The van der Waals surface area contributed by atoms with Crippen LogP contribution in [0, 0.1) is 0 Å². The number of likely N-dealkylation sites (N-methyl/N-ethyl adjacent to an activating group) is 1. The van der Waals surface area contributed by atoms with Crippen LogP contribution in [0.1, 0.15) is 5.56 Å². The van der Waals surface area contributed by atoms with E-state index in [1.54, 1.807) is 0 Å². The molecule has 1 amide bonds. The Balaban J connectivity index is 2.03. The highest BCUT2D eigenvalue weighted by Gasteiger charge is 2.23. The smallest absolute Gasteiger partial charge is 0.210 e. The van der Waals surface area contributed by atoms with E-state index in [4.69, 9.17) is 0 Å². The van der Waals surface area contributed by atoms with Gasteiger partial charge in [0.05, 0.1) is 0 Å². The fraction of sp³-hybridized carbons (Fsp3) is 0.462. The van der Waals surface area contributed by atoms with Crippen LogP contribution in [-0.2, 0) is 11.2 Å². The number of nitrogens with zero attached hydrogens (tertiary/aromatic N) is 2. The lowest BCUT2D eigenvalue weighted by atomic mass is 10.0. The quantitative estimate of drug-likeness (QED) is 0.707. The summed E-state index contributed by atoms with van der Waals surface area (Å²) in [4.78, 5) is 15.2.